The van der Waals surface area contributed by atoms with Crippen LogP contribution in [0, 0.1) is 0 Å². The minimum absolute atomic E-state index is 0.212. The predicted molar refractivity (Wildman–Crippen MR) is 133 cm³/mol. The highest BCUT2D eigenvalue weighted by atomic mass is 35.5. The van der Waals surface area contributed by atoms with Gasteiger partial charge in [-0.3, -0.25) is 0 Å². The van der Waals surface area contributed by atoms with Gasteiger partial charge in [0.1, 0.15) is 0 Å². The summed E-state index contributed by atoms with van der Waals surface area (Å²) >= 11 is 11.9. The molecule has 0 fully saturated rings. The second-order valence-electron chi connectivity index (χ2n) is 7.62. The molecule has 33 heavy (non-hydrogen) atoms. The fraction of sp³-hybridized carbons (Fsp3) is 0. The van der Waals surface area contributed by atoms with Gasteiger partial charge in [-0.2, -0.15) is 0 Å². The van der Waals surface area contributed by atoms with E-state index in [1.54, 1.807) is 24.8 Å². The zero-order valence-electron chi connectivity index (χ0n) is 17.2. The van der Waals surface area contributed by atoms with Gasteiger partial charge in [-0.25, -0.2) is 19.9 Å². The number of hydrogen-bond acceptors (Lipinski definition) is 4. The molecule has 158 valence electrons. The predicted octanol–water partition coefficient (Wildman–Crippen LogP) is 7.00. The van der Waals surface area contributed by atoms with Gasteiger partial charge in [0, 0.05) is 52.4 Å². The lowest BCUT2D eigenvalue weighted by atomic mass is 10.0. The molecule has 3 heterocycles. The minimum Gasteiger partial charge on any atom is -0.309 e. The molecular formula is C26H15Cl2N5. The summed E-state index contributed by atoms with van der Waals surface area (Å²) in [4.78, 5) is 16.7. The molecule has 0 saturated heterocycles. The average Bonchev–Trinajstić information content (AvgIpc) is 3.19. The maximum absolute atomic E-state index is 5.93. The van der Waals surface area contributed by atoms with E-state index in [0.29, 0.717) is 0 Å². The van der Waals surface area contributed by atoms with Crippen molar-refractivity contribution >= 4 is 45.0 Å². The molecule has 6 rings (SSSR count). The van der Waals surface area contributed by atoms with E-state index in [1.807, 2.05) is 0 Å². The van der Waals surface area contributed by atoms with Crippen LogP contribution < -0.4 is 0 Å². The maximum Gasteiger partial charge on any atom is 0.222 e. The zero-order chi connectivity index (χ0) is 22.4. The average molecular weight is 468 g/mol. The van der Waals surface area contributed by atoms with E-state index in [-0.39, 0.29) is 10.6 Å². The fourth-order valence-corrected chi connectivity index (χ4v) is 4.39. The standard InChI is InChI=1S/C26H15Cl2N5/c27-25-29-12-18(13-30-25)16-9-17(19-14-31-26(28)32-15-19)11-20(10-16)33-23-7-3-1-5-21(23)22-6-2-4-8-24(22)33/h1-15H. The first-order valence-electron chi connectivity index (χ1n) is 10.3. The third kappa shape index (κ3) is 3.52. The highest BCUT2D eigenvalue weighted by Gasteiger charge is 2.14. The Hall–Kier alpha value is -3.80. The quantitative estimate of drug-likeness (QED) is 0.262. The molecule has 0 saturated carbocycles. The highest BCUT2D eigenvalue weighted by molar-refractivity contribution is 6.28. The summed E-state index contributed by atoms with van der Waals surface area (Å²) in [7, 11) is 0. The van der Waals surface area contributed by atoms with E-state index in [4.69, 9.17) is 23.2 Å². The summed E-state index contributed by atoms with van der Waals surface area (Å²) in [5.74, 6) is 0. The summed E-state index contributed by atoms with van der Waals surface area (Å²) in [6.07, 6.45) is 6.90. The minimum atomic E-state index is 0.212. The Balaban J connectivity index is 1.67. The van der Waals surface area contributed by atoms with Crippen molar-refractivity contribution in [3.63, 3.8) is 0 Å². The number of aromatic nitrogens is 5. The number of hydrogen-bond donors (Lipinski definition) is 0. The van der Waals surface area contributed by atoms with E-state index in [0.717, 1.165) is 39.0 Å². The van der Waals surface area contributed by atoms with Gasteiger partial charge >= 0.3 is 0 Å². The molecular weight excluding hydrogens is 453 g/mol. The monoisotopic (exact) mass is 467 g/mol. The molecule has 0 spiro atoms. The molecule has 0 aliphatic heterocycles. The van der Waals surface area contributed by atoms with Gasteiger partial charge in [0.15, 0.2) is 0 Å². The fourth-order valence-electron chi connectivity index (χ4n) is 4.20. The van der Waals surface area contributed by atoms with E-state index in [9.17, 15) is 0 Å². The molecule has 0 aliphatic rings. The van der Waals surface area contributed by atoms with Gasteiger partial charge < -0.3 is 4.57 Å². The first kappa shape index (κ1) is 19.9. The molecule has 0 N–H and O–H groups in total. The van der Waals surface area contributed by atoms with Gasteiger partial charge in [-0.05, 0) is 64.7 Å². The van der Waals surface area contributed by atoms with Crippen LogP contribution in [0.5, 0.6) is 0 Å². The van der Waals surface area contributed by atoms with E-state index in [2.05, 4.69) is 91.2 Å². The van der Waals surface area contributed by atoms with Gasteiger partial charge in [0.25, 0.3) is 0 Å². The number of benzene rings is 3. The highest BCUT2D eigenvalue weighted by Crippen LogP contribution is 2.35. The summed E-state index contributed by atoms with van der Waals surface area (Å²) in [6, 6.07) is 23.2. The van der Waals surface area contributed by atoms with Crippen LogP contribution in [-0.2, 0) is 0 Å². The number of para-hydroxylation sites is 2. The van der Waals surface area contributed by atoms with E-state index >= 15 is 0 Å². The van der Waals surface area contributed by atoms with E-state index in [1.165, 1.54) is 10.8 Å². The third-order valence-electron chi connectivity index (χ3n) is 5.66. The molecule has 0 amide bonds. The van der Waals surface area contributed by atoms with Crippen molar-refractivity contribution in [2.45, 2.75) is 0 Å². The Bertz CT molecular complexity index is 1510. The molecule has 0 aliphatic carbocycles. The summed E-state index contributed by atoms with van der Waals surface area (Å²) in [5, 5.41) is 2.82. The largest absolute Gasteiger partial charge is 0.309 e. The van der Waals surface area contributed by atoms with Crippen LogP contribution >= 0.6 is 23.2 Å². The van der Waals surface area contributed by atoms with Gasteiger partial charge in [0.05, 0.1) is 11.0 Å². The Morgan fingerprint density at radius 1 is 0.515 bits per heavy atom. The first-order valence-corrected chi connectivity index (χ1v) is 11.0. The topological polar surface area (TPSA) is 56.5 Å². The van der Waals surface area contributed by atoms with Crippen molar-refractivity contribution in [1.82, 2.24) is 24.5 Å². The number of nitrogens with zero attached hydrogens (tertiary/aromatic N) is 5. The van der Waals surface area contributed by atoms with Crippen LogP contribution in [0.1, 0.15) is 0 Å². The van der Waals surface area contributed by atoms with Crippen LogP contribution in [-0.4, -0.2) is 24.5 Å². The van der Waals surface area contributed by atoms with Crippen LogP contribution in [0.3, 0.4) is 0 Å². The molecule has 0 bridgehead atoms. The number of fused-ring (bicyclic) bond motifs is 3. The van der Waals surface area contributed by atoms with Gasteiger partial charge in [-0.15, -0.1) is 0 Å². The second kappa shape index (κ2) is 7.96. The maximum atomic E-state index is 5.93. The van der Waals surface area contributed by atoms with Crippen molar-refractivity contribution in [2.75, 3.05) is 0 Å². The number of halogens is 2. The molecule has 0 unspecified atom stereocenters. The molecule has 3 aromatic carbocycles. The summed E-state index contributed by atoms with van der Waals surface area (Å²) < 4.78 is 2.27. The van der Waals surface area contributed by atoms with Crippen molar-refractivity contribution in [3.8, 4) is 27.9 Å². The zero-order valence-corrected chi connectivity index (χ0v) is 18.7. The van der Waals surface area contributed by atoms with Gasteiger partial charge in [0.2, 0.25) is 10.6 Å². The van der Waals surface area contributed by atoms with Crippen molar-refractivity contribution in [2.24, 2.45) is 0 Å². The van der Waals surface area contributed by atoms with Crippen LogP contribution in [0.4, 0.5) is 0 Å². The molecule has 0 atom stereocenters. The van der Waals surface area contributed by atoms with Crippen molar-refractivity contribution in [1.29, 1.82) is 0 Å². The molecule has 7 heteroatoms. The summed E-state index contributed by atoms with van der Waals surface area (Å²) in [5.41, 5.74) is 6.89. The molecule has 0 radical (unpaired) electrons. The summed E-state index contributed by atoms with van der Waals surface area (Å²) in [6.45, 7) is 0. The van der Waals surface area contributed by atoms with Crippen LogP contribution in [0.2, 0.25) is 10.6 Å². The Morgan fingerprint density at radius 3 is 1.39 bits per heavy atom. The lowest BCUT2D eigenvalue weighted by Gasteiger charge is -2.13. The number of rotatable bonds is 3. The smallest absolute Gasteiger partial charge is 0.222 e. The Kier molecular flexibility index (Phi) is 4.79. The first-order chi connectivity index (χ1) is 16.2. The lowest BCUT2D eigenvalue weighted by molar-refractivity contribution is 1.15. The third-order valence-corrected chi connectivity index (χ3v) is 6.05. The van der Waals surface area contributed by atoms with Crippen molar-refractivity contribution < 1.29 is 0 Å². The van der Waals surface area contributed by atoms with Crippen molar-refractivity contribution in [3.05, 3.63) is 102 Å². The molecule has 6 aromatic rings. The van der Waals surface area contributed by atoms with Crippen LogP contribution in [0.15, 0.2) is 91.5 Å². The van der Waals surface area contributed by atoms with Gasteiger partial charge in [-0.1, -0.05) is 36.4 Å². The lowest BCUT2D eigenvalue weighted by Crippen LogP contribution is -1.96. The normalized spacial score (nSPS) is 11.3. The molecule has 3 aromatic heterocycles. The van der Waals surface area contributed by atoms with E-state index < -0.39 is 0 Å². The second-order valence-corrected chi connectivity index (χ2v) is 8.30. The molecule has 5 nitrogen and oxygen atoms in total. The Morgan fingerprint density at radius 2 is 0.939 bits per heavy atom. The Labute approximate surface area is 199 Å². The SMILES string of the molecule is Clc1ncc(-c2cc(-c3cnc(Cl)nc3)cc(-n3c4ccccc4c4ccccc43)c2)cn1. The van der Waals surface area contributed by atoms with Crippen LogP contribution in [0.25, 0.3) is 49.7 Å².